The number of hydrogen-bond donors (Lipinski definition) is 4. The standard InChI is InChI=1S/2C7H16O2/c2*1-6(2)7(5-9)3-4-8/h2*6-9H,3-5H2,1-2H3. The maximum absolute atomic E-state index is 8.72. The van der Waals surface area contributed by atoms with Crippen LogP contribution in [0.2, 0.25) is 0 Å². The highest BCUT2D eigenvalue weighted by Gasteiger charge is 2.10. The van der Waals surface area contributed by atoms with Crippen LogP contribution in [0, 0.1) is 23.7 Å². The summed E-state index contributed by atoms with van der Waals surface area (Å²) in [4.78, 5) is 0. The Labute approximate surface area is 112 Å². The van der Waals surface area contributed by atoms with Crippen molar-refractivity contribution in [3.8, 4) is 0 Å². The van der Waals surface area contributed by atoms with E-state index in [1.54, 1.807) is 0 Å². The van der Waals surface area contributed by atoms with Crippen LogP contribution in [0.5, 0.6) is 0 Å². The van der Waals surface area contributed by atoms with Gasteiger partial charge in [0.25, 0.3) is 0 Å². The Bertz CT molecular complexity index is 142. The fourth-order valence-electron chi connectivity index (χ4n) is 1.60. The predicted molar refractivity (Wildman–Crippen MR) is 74.2 cm³/mol. The minimum Gasteiger partial charge on any atom is -0.396 e. The molecule has 0 spiro atoms. The fourth-order valence-corrected chi connectivity index (χ4v) is 1.60. The van der Waals surface area contributed by atoms with E-state index in [1.165, 1.54) is 0 Å². The Kier molecular flexibility index (Phi) is 14.9. The van der Waals surface area contributed by atoms with E-state index in [9.17, 15) is 0 Å². The van der Waals surface area contributed by atoms with Crippen molar-refractivity contribution in [2.45, 2.75) is 40.5 Å². The molecule has 0 aliphatic heterocycles. The molecule has 0 saturated carbocycles. The first-order chi connectivity index (χ1) is 8.44. The molecule has 0 amide bonds. The largest absolute Gasteiger partial charge is 0.396 e. The van der Waals surface area contributed by atoms with Crippen LogP contribution in [0.3, 0.4) is 0 Å². The van der Waals surface area contributed by atoms with Gasteiger partial charge in [0.15, 0.2) is 0 Å². The highest BCUT2D eigenvalue weighted by Crippen LogP contribution is 2.13. The minimum absolute atomic E-state index is 0.184. The Balaban J connectivity index is 0. The summed E-state index contributed by atoms with van der Waals surface area (Å²) in [5, 5.41) is 34.4. The van der Waals surface area contributed by atoms with Crippen LogP contribution in [-0.2, 0) is 0 Å². The van der Waals surface area contributed by atoms with E-state index >= 15 is 0 Å². The zero-order valence-corrected chi connectivity index (χ0v) is 12.3. The monoisotopic (exact) mass is 264 g/mol. The molecule has 2 atom stereocenters. The third kappa shape index (κ3) is 11.0. The van der Waals surface area contributed by atoms with E-state index in [1.807, 2.05) is 0 Å². The van der Waals surface area contributed by atoms with Crippen molar-refractivity contribution in [2.24, 2.45) is 23.7 Å². The Morgan fingerprint density at radius 3 is 0.944 bits per heavy atom. The lowest BCUT2D eigenvalue weighted by Gasteiger charge is -2.15. The van der Waals surface area contributed by atoms with Crippen molar-refractivity contribution in [2.75, 3.05) is 26.4 Å². The number of aliphatic hydroxyl groups excluding tert-OH is 4. The molecule has 0 aromatic carbocycles. The Morgan fingerprint density at radius 1 is 0.611 bits per heavy atom. The average Bonchev–Trinajstić information content (AvgIpc) is 2.32. The molecule has 0 saturated heterocycles. The molecule has 0 heterocycles. The summed E-state index contributed by atoms with van der Waals surface area (Å²) < 4.78 is 0. The molecule has 0 aromatic rings. The maximum Gasteiger partial charge on any atom is 0.0462 e. The second-order valence-electron chi connectivity index (χ2n) is 5.40. The fraction of sp³-hybridized carbons (Fsp3) is 1.00. The highest BCUT2D eigenvalue weighted by atomic mass is 16.3. The summed E-state index contributed by atoms with van der Waals surface area (Å²) >= 11 is 0. The maximum atomic E-state index is 8.72. The lowest BCUT2D eigenvalue weighted by atomic mass is 9.94. The van der Waals surface area contributed by atoms with Gasteiger partial charge < -0.3 is 20.4 Å². The first-order valence-electron chi connectivity index (χ1n) is 6.87. The number of rotatable bonds is 8. The lowest BCUT2D eigenvalue weighted by Crippen LogP contribution is -2.14. The molecule has 4 nitrogen and oxygen atoms in total. The normalized spacial score (nSPS) is 14.3. The second-order valence-corrected chi connectivity index (χ2v) is 5.40. The van der Waals surface area contributed by atoms with Gasteiger partial charge in [-0.2, -0.15) is 0 Å². The molecular weight excluding hydrogens is 232 g/mol. The molecule has 0 bridgehead atoms. The average molecular weight is 264 g/mol. The molecule has 2 unspecified atom stereocenters. The highest BCUT2D eigenvalue weighted by molar-refractivity contribution is 4.60. The summed E-state index contributed by atoms with van der Waals surface area (Å²) in [6.07, 6.45) is 1.43. The zero-order chi connectivity index (χ0) is 14.6. The van der Waals surface area contributed by atoms with Crippen LogP contribution >= 0.6 is 0 Å². The molecule has 112 valence electrons. The van der Waals surface area contributed by atoms with E-state index < -0.39 is 0 Å². The Morgan fingerprint density at radius 2 is 0.889 bits per heavy atom. The summed E-state index contributed by atoms with van der Waals surface area (Å²) in [5.41, 5.74) is 0. The van der Waals surface area contributed by atoms with E-state index in [4.69, 9.17) is 20.4 Å². The van der Waals surface area contributed by atoms with Gasteiger partial charge in [-0.1, -0.05) is 27.7 Å². The topological polar surface area (TPSA) is 80.9 Å². The quantitative estimate of drug-likeness (QED) is 0.532. The lowest BCUT2D eigenvalue weighted by molar-refractivity contribution is 0.152. The van der Waals surface area contributed by atoms with Gasteiger partial charge in [-0.05, 0) is 36.5 Å². The smallest absolute Gasteiger partial charge is 0.0462 e. The van der Waals surface area contributed by atoms with Crippen LogP contribution in [0.25, 0.3) is 0 Å². The molecule has 0 radical (unpaired) electrons. The molecule has 0 rings (SSSR count). The van der Waals surface area contributed by atoms with E-state index in [2.05, 4.69) is 27.7 Å². The third-order valence-electron chi connectivity index (χ3n) is 3.35. The van der Waals surface area contributed by atoms with E-state index in [-0.39, 0.29) is 38.3 Å². The molecule has 0 aliphatic rings. The van der Waals surface area contributed by atoms with Crippen molar-refractivity contribution < 1.29 is 20.4 Å². The molecule has 18 heavy (non-hydrogen) atoms. The molecule has 4 N–H and O–H groups in total. The van der Waals surface area contributed by atoms with Crippen LogP contribution in [-0.4, -0.2) is 46.9 Å². The number of aliphatic hydroxyl groups is 4. The van der Waals surface area contributed by atoms with Crippen molar-refractivity contribution in [1.29, 1.82) is 0 Å². The second kappa shape index (κ2) is 13.3. The van der Waals surface area contributed by atoms with Gasteiger partial charge in [-0.25, -0.2) is 0 Å². The van der Waals surface area contributed by atoms with Gasteiger partial charge in [0.2, 0.25) is 0 Å². The van der Waals surface area contributed by atoms with Gasteiger partial charge in [0.05, 0.1) is 0 Å². The first-order valence-corrected chi connectivity index (χ1v) is 6.87. The SMILES string of the molecule is CC(C)C(CO)CCO.CC(C)C(CO)CCO. The van der Waals surface area contributed by atoms with E-state index in [0.29, 0.717) is 24.7 Å². The van der Waals surface area contributed by atoms with Crippen LogP contribution in [0.15, 0.2) is 0 Å². The van der Waals surface area contributed by atoms with Gasteiger partial charge in [-0.3, -0.25) is 0 Å². The van der Waals surface area contributed by atoms with Crippen molar-refractivity contribution in [1.82, 2.24) is 0 Å². The van der Waals surface area contributed by atoms with Crippen molar-refractivity contribution in [3.05, 3.63) is 0 Å². The Hall–Kier alpha value is -0.160. The van der Waals surface area contributed by atoms with Crippen molar-refractivity contribution in [3.63, 3.8) is 0 Å². The molecule has 4 heteroatoms. The van der Waals surface area contributed by atoms with Gasteiger partial charge in [0.1, 0.15) is 0 Å². The summed E-state index contributed by atoms with van der Waals surface area (Å²) in [5.74, 6) is 1.49. The summed E-state index contributed by atoms with van der Waals surface area (Å²) in [6.45, 7) is 8.96. The molecular formula is C14H32O4. The zero-order valence-electron chi connectivity index (χ0n) is 12.3. The van der Waals surface area contributed by atoms with Gasteiger partial charge in [-0.15, -0.1) is 0 Å². The number of hydrogen-bond acceptors (Lipinski definition) is 4. The van der Waals surface area contributed by atoms with Crippen molar-refractivity contribution >= 4 is 0 Å². The molecule has 0 aromatic heterocycles. The minimum atomic E-state index is 0.184. The predicted octanol–water partition coefficient (Wildman–Crippen LogP) is 1.27. The van der Waals surface area contributed by atoms with E-state index in [0.717, 1.165) is 0 Å². The van der Waals surface area contributed by atoms with Crippen LogP contribution in [0.4, 0.5) is 0 Å². The van der Waals surface area contributed by atoms with Gasteiger partial charge in [0, 0.05) is 26.4 Å². The van der Waals surface area contributed by atoms with Gasteiger partial charge >= 0.3 is 0 Å². The summed E-state index contributed by atoms with van der Waals surface area (Å²) in [6, 6.07) is 0. The molecule has 0 fully saturated rings. The van der Waals surface area contributed by atoms with Crippen LogP contribution in [0.1, 0.15) is 40.5 Å². The molecule has 0 aliphatic carbocycles. The third-order valence-corrected chi connectivity index (χ3v) is 3.35. The van der Waals surface area contributed by atoms with Crippen LogP contribution < -0.4 is 0 Å². The summed E-state index contributed by atoms with van der Waals surface area (Å²) in [7, 11) is 0. The first kappa shape index (κ1) is 20.2.